The third-order valence-corrected chi connectivity index (χ3v) is 1.53. The Kier molecular flexibility index (Phi) is 11.3. The van der Waals surface area contributed by atoms with Gasteiger partial charge in [-0.3, -0.25) is 0 Å². The second-order valence-corrected chi connectivity index (χ2v) is 2.53. The molecule has 12 heavy (non-hydrogen) atoms. The Morgan fingerprint density at radius 3 is 2.08 bits per heavy atom. The number of aryl methyl sites for hydroxylation is 2. The Morgan fingerprint density at radius 2 is 1.92 bits per heavy atom. The van der Waals surface area contributed by atoms with Crippen molar-refractivity contribution in [3.63, 3.8) is 0 Å². The molecule has 1 aromatic rings. The van der Waals surface area contributed by atoms with Crippen molar-refractivity contribution in [2.45, 2.75) is 20.3 Å². The second-order valence-electron chi connectivity index (χ2n) is 2.53. The molecular formula is C10H17HfN-2. The molecule has 0 aliphatic rings. The molecule has 1 rings (SSSR count). The van der Waals surface area contributed by atoms with Gasteiger partial charge in [-0.2, -0.15) is 31.3 Å². The van der Waals surface area contributed by atoms with Crippen molar-refractivity contribution in [2.24, 2.45) is 0 Å². The van der Waals surface area contributed by atoms with Crippen LogP contribution in [0.25, 0.3) is 5.32 Å². The molecule has 0 fully saturated rings. The van der Waals surface area contributed by atoms with Crippen LogP contribution in [0.1, 0.15) is 18.1 Å². The van der Waals surface area contributed by atoms with E-state index >= 15 is 0 Å². The molecule has 0 aliphatic heterocycles. The van der Waals surface area contributed by atoms with Crippen LogP contribution in [0.15, 0.2) is 18.2 Å². The molecule has 0 saturated heterocycles. The quantitative estimate of drug-likeness (QED) is 0.556. The predicted octanol–water partition coefficient (Wildman–Crippen LogP) is 2.89. The summed E-state index contributed by atoms with van der Waals surface area (Å²) in [6, 6.07) is 6.43. The molecule has 0 amide bonds. The van der Waals surface area contributed by atoms with Crippen molar-refractivity contribution in [3.8, 4) is 0 Å². The van der Waals surface area contributed by atoms with Gasteiger partial charge < -0.3 is 5.32 Å². The fourth-order valence-corrected chi connectivity index (χ4v) is 0.944. The van der Waals surface area contributed by atoms with Crippen LogP contribution in [-0.2, 0) is 32.3 Å². The third-order valence-electron chi connectivity index (χ3n) is 1.53. The van der Waals surface area contributed by atoms with Crippen LogP contribution in [0.4, 0.5) is 0 Å². The van der Waals surface area contributed by atoms with E-state index in [-0.39, 0.29) is 25.8 Å². The predicted molar refractivity (Wildman–Crippen MR) is 51.4 cm³/mol. The first kappa shape index (κ1) is 14.7. The fourth-order valence-electron chi connectivity index (χ4n) is 0.944. The zero-order valence-corrected chi connectivity index (χ0v) is 12.0. The van der Waals surface area contributed by atoms with Gasteiger partial charge in [0.25, 0.3) is 0 Å². The molecule has 0 bridgehead atoms. The summed E-state index contributed by atoms with van der Waals surface area (Å²) in [5.41, 5.74) is 2.90. The Labute approximate surface area is 94.7 Å². The van der Waals surface area contributed by atoms with Crippen molar-refractivity contribution in [1.82, 2.24) is 0 Å². The summed E-state index contributed by atoms with van der Waals surface area (Å²) in [5.74, 6) is 0. The molecule has 1 aromatic carbocycles. The van der Waals surface area contributed by atoms with Crippen LogP contribution in [0, 0.1) is 6.92 Å². The van der Waals surface area contributed by atoms with E-state index in [4.69, 9.17) is 0 Å². The van der Waals surface area contributed by atoms with Crippen LogP contribution in [-0.4, -0.2) is 14.1 Å². The zero-order valence-electron chi connectivity index (χ0n) is 8.39. The minimum atomic E-state index is 0. The van der Waals surface area contributed by atoms with Crippen LogP contribution < -0.4 is 0 Å². The van der Waals surface area contributed by atoms with E-state index in [1.165, 1.54) is 17.5 Å². The van der Waals surface area contributed by atoms with Crippen molar-refractivity contribution in [1.29, 1.82) is 0 Å². The van der Waals surface area contributed by atoms with Gasteiger partial charge in [-0.25, -0.2) is 12.1 Å². The molecule has 0 saturated carbocycles. The molecule has 0 spiro atoms. The molecular weight excluding hydrogens is 313 g/mol. The molecule has 0 radical (unpaired) electrons. The van der Waals surface area contributed by atoms with Crippen LogP contribution in [0.3, 0.4) is 0 Å². The summed E-state index contributed by atoms with van der Waals surface area (Å²) in [5, 5.41) is 3.50. The van der Waals surface area contributed by atoms with Gasteiger partial charge >= 0.3 is 0 Å². The number of hydrogen-bond acceptors (Lipinski definition) is 0. The van der Waals surface area contributed by atoms with Gasteiger partial charge in [-0.15, -0.1) is 0 Å². The van der Waals surface area contributed by atoms with E-state index in [9.17, 15) is 0 Å². The van der Waals surface area contributed by atoms with Gasteiger partial charge in [0, 0.05) is 25.8 Å². The maximum absolute atomic E-state index is 3.50. The number of hydrogen-bond donors (Lipinski definition) is 0. The zero-order chi connectivity index (χ0) is 8.69. The standard InChI is InChI=1S/C8H11.C2H6N.Hf/c1-3-8-6-4-5-7(8)2;1-3-2;/h4-6H,3H2,1-2H3;1-2H3;/q2*-1;. The third kappa shape index (κ3) is 5.78. The molecule has 0 aliphatic carbocycles. The normalized spacial score (nSPS) is 8.00. The largest absolute Gasteiger partial charge is 0.668 e. The Morgan fingerprint density at radius 1 is 1.42 bits per heavy atom. The summed E-state index contributed by atoms with van der Waals surface area (Å²) in [6.07, 6.45) is 1.17. The van der Waals surface area contributed by atoms with Gasteiger partial charge in [0.05, 0.1) is 0 Å². The van der Waals surface area contributed by atoms with E-state index in [1.54, 1.807) is 14.1 Å². The van der Waals surface area contributed by atoms with Crippen LogP contribution >= 0.6 is 0 Å². The van der Waals surface area contributed by atoms with E-state index in [1.807, 2.05) is 0 Å². The molecule has 0 atom stereocenters. The van der Waals surface area contributed by atoms with Crippen molar-refractivity contribution in [3.05, 3.63) is 34.6 Å². The first-order chi connectivity index (χ1) is 5.26. The van der Waals surface area contributed by atoms with E-state index < -0.39 is 0 Å². The Bertz CT molecular complexity index is 182. The van der Waals surface area contributed by atoms with Gasteiger partial charge in [0.1, 0.15) is 0 Å². The minimum absolute atomic E-state index is 0. The van der Waals surface area contributed by atoms with Crippen molar-refractivity contribution in [2.75, 3.05) is 14.1 Å². The maximum atomic E-state index is 3.50. The van der Waals surface area contributed by atoms with Crippen LogP contribution in [0.5, 0.6) is 0 Å². The monoisotopic (exact) mass is 331 g/mol. The molecule has 0 heterocycles. The summed E-state index contributed by atoms with van der Waals surface area (Å²) in [7, 11) is 3.50. The molecule has 2 heteroatoms. The average molecular weight is 330 g/mol. The minimum Gasteiger partial charge on any atom is -0.668 e. The molecule has 1 nitrogen and oxygen atoms in total. The number of rotatable bonds is 1. The van der Waals surface area contributed by atoms with E-state index in [2.05, 4.69) is 37.4 Å². The van der Waals surface area contributed by atoms with Gasteiger partial charge in [0.15, 0.2) is 0 Å². The topological polar surface area (TPSA) is 14.1 Å². The summed E-state index contributed by atoms with van der Waals surface area (Å²) < 4.78 is 0. The van der Waals surface area contributed by atoms with Gasteiger partial charge in [-0.05, 0) is 0 Å². The summed E-state index contributed by atoms with van der Waals surface area (Å²) in [4.78, 5) is 0. The maximum Gasteiger partial charge on any atom is 0 e. The summed E-state index contributed by atoms with van der Waals surface area (Å²) in [6.45, 7) is 4.33. The first-order valence-corrected chi connectivity index (χ1v) is 3.95. The van der Waals surface area contributed by atoms with Crippen molar-refractivity contribution < 1.29 is 25.8 Å². The van der Waals surface area contributed by atoms with E-state index in [0.717, 1.165) is 0 Å². The molecule has 0 unspecified atom stereocenters. The van der Waals surface area contributed by atoms with E-state index in [0.29, 0.717) is 0 Å². The first-order valence-electron chi connectivity index (χ1n) is 3.95. The van der Waals surface area contributed by atoms with Gasteiger partial charge in [-0.1, -0.05) is 20.3 Å². The summed E-state index contributed by atoms with van der Waals surface area (Å²) >= 11 is 0. The average Bonchev–Trinajstić information content (AvgIpc) is 2.36. The Hall–Kier alpha value is 0.180. The SMILES string of the molecule is CCc1ccc[c-]1C.C[N-]C.[Hf]. The number of nitrogens with zero attached hydrogens (tertiary/aromatic N) is 1. The molecule has 0 N–H and O–H groups in total. The smallest absolute Gasteiger partial charge is 0 e. The van der Waals surface area contributed by atoms with Gasteiger partial charge in [0.2, 0.25) is 0 Å². The molecule has 68 valence electrons. The van der Waals surface area contributed by atoms with Crippen LogP contribution in [0.2, 0.25) is 0 Å². The fraction of sp³-hybridized carbons (Fsp3) is 0.500. The molecule has 0 aromatic heterocycles. The Balaban J connectivity index is 0. The second kappa shape index (κ2) is 9.27. The van der Waals surface area contributed by atoms with Crippen molar-refractivity contribution >= 4 is 0 Å².